The summed E-state index contributed by atoms with van der Waals surface area (Å²) >= 11 is 0. The second-order valence-corrected chi connectivity index (χ2v) is 6.93. The van der Waals surface area contributed by atoms with Crippen LogP contribution in [0, 0.1) is 0 Å². The van der Waals surface area contributed by atoms with Gasteiger partial charge in [0, 0.05) is 17.9 Å². The Bertz CT molecular complexity index is 768. The van der Waals surface area contributed by atoms with E-state index in [1.54, 1.807) is 0 Å². The Balaban J connectivity index is 1.51. The average Bonchev–Trinajstić information content (AvgIpc) is 3.08. The van der Waals surface area contributed by atoms with Crippen LogP contribution in [-0.4, -0.2) is 18.5 Å². The van der Waals surface area contributed by atoms with Crippen molar-refractivity contribution in [1.29, 1.82) is 0 Å². The molecule has 0 fully saturated rings. The summed E-state index contributed by atoms with van der Waals surface area (Å²) in [5.41, 5.74) is 6.31. The Morgan fingerprint density at radius 2 is 1.79 bits per heavy atom. The molecule has 1 atom stereocenters. The fraction of sp³-hybridized carbons (Fsp3) is 0.381. The summed E-state index contributed by atoms with van der Waals surface area (Å²) in [6.45, 7) is 2.78. The van der Waals surface area contributed by atoms with Crippen LogP contribution in [0.15, 0.2) is 42.5 Å². The molecule has 4 rings (SSSR count). The van der Waals surface area contributed by atoms with Gasteiger partial charge in [0.2, 0.25) is 5.91 Å². The molecule has 1 heterocycles. The molecule has 2 aliphatic rings. The van der Waals surface area contributed by atoms with E-state index < -0.39 is 0 Å². The van der Waals surface area contributed by atoms with Crippen LogP contribution in [0.5, 0.6) is 0 Å². The molecule has 0 bridgehead atoms. The molecule has 0 saturated carbocycles. The molecule has 0 saturated heterocycles. The summed E-state index contributed by atoms with van der Waals surface area (Å²) < 4.78 is 0. The second-order valence-electron chi connectivity index (χ2n) is 6.93. The highest BCUT2D eigenvalue weighted by molar-refractivity contribution is 5.99. The molecule has 1 aliphatic heterocycles. The van der Waals surface area contributed by atoms with Gasteiger partial charge in [-0.1, -0.05) is 24.3 Å². The van der Waals surface area contributed by atoms with Crippen LogP contribution in [0.3, 0.4) is 0 Å². The van der Waals surface area contributed by atoms with Crippen molar-refractivity contribution >= 4 is 17.3 Å². The lowest BCUT2D eigenvalue weighted by molar-refractivity contribution is -0.119. The SMILES string of the molecule is CC(Nc1ccc2c(c1)CCC2)C(=O)N1CCCc2ccccc21. The lowest BCUT2D eigenvalue weighted by Gasteiger charge is -2.32. The third-order valence-electron chi connectivity index (χ3n) is 5.23. The minimum atomic E-state index is -0.226. The number of aryl methyl sites for hydroxylation is 3. The largest absolute Gasteiger partial charge is 0.374 e. The van der Waals surface area contributed by atoms with Crippen molar-refractivity contribution < 1.29 is 4.79 Å². The number of nitrogens with zero attached hydrogens (tertiary/aromatic N) is 1. The molecule has 1 amide bonds. The molecule has 2 aromatic rings. The molecule has 2 aromatic carbocycles. The predicted molar refractivity (Wildman–Crippen MR) is 98.7 cm³/mol. The summed E-state index contributed by atoms with van der Waals surface area (Å²) in [4.78, 5) is 14.9. The molecular formula is C21H24N2O. The standard InChI is InChI=1S/C21H24N2O/c1-15(22-19-12-11-16-7-4-8-18(16)14-19)21(24)23-13-5-9-17-6-2-3-10-20(17)23/h2-3,6,10-12,14-15,22H,4-5,7-9,13H2,1H3. The van der Waals surface area contributed by atoms with Crippen molar-refractivity contribution in [3.8, 4) is 0 Å². The van der Waals surface area contributed by atoms with Crippen molar-refractivity contribution in [2.75, 3.05) is 16.8 Å². The number of anilines is 2. The van der Waals surface area contributed by atoms with Crippen LogP contribution in [0.25, 0.3) is 0 Å². The molecule has 3 heteroatoms. The second kappa shape index (κ2) is 6.31. The smallest absolute Gasteiger partial charge is 0.249 e. The van der Waals surface area contributed by atoms with E-state index in [-0.39, 0.29) is 11.9 Å². The zero-order valence-electron chi connectivity index (χ0n) is 14.2. The van der Waals surface area contributed by atoms with Gasteiger partial charge in [-0.3, -0.25) is 4.79 Å². The summed E-state index contributed by atoms with van der Waals surface area (Å²) in [6.07, 6.45) is 5.69. The Labute approximate surface area is 143 Å². The Morgan fingerprint density at radius 1 is 1.00 bits per heavy atom. The van der Waals surface area contributed by atoms with E-state index >= 15 is 0 Å². The quantitative estimate of drug-likeness (QED) is 0.928. The average molecular weight is 320 g/mol. The topological polar surface area (TPSA) is 32.3 Å². The highest BCUT2D eigenvalue weighted by Gasteiger charge is 2.26. The van der Waals surface area contributed by atoms with E-state index in [0.717, 1.165) is 37.2 Å². The highest BCUT2D eigenvalue weighted by Crippen LogP contribution is 2.28. The maximum absolute atomic E-state index is 13.0. The number of fused-ring (bicyclic) bond motifs is 2. The van der Waals surface area contributed by atoms with Crippen LogP contribution < -0.4 is 10.2 Å². The fourth-order valence-corrected chi connectivity index (χ4v) is 3.97. The van der Waals surface area contributed by atoms with Crippen LogP contribution in [0.4, 0.5) is 11.4 Å². The molecule has 1 N–H and O–H groups in total. The minimum absolute atomic E-state index is 0.155. The number of benzene rings is 2. The molecule has 1 unspecified atom stereocenters. The van der Waals surface area contributed by atoms with E-state index in [0.29, 0.717) is 0 Å². The van der Waals surface area contributed by atoms with E-state index in [1.165, 1.54) is 29.5 Å². The first-order valence-corrected chi connectivity index (χ1v) is 9.00. The Morgan fingerprint density at radius 3 is 2.71 bits per heavy atom. The number of hydrogen-bond acceptors (Lipinski definition) is 2. The Kier molecular flexibility index (Phi) is 4.01. The lowest BCUT2D eigenvalue weighted by atomic mass is 10.0. The number of hydrogen-bond donors (Lipinski definition) is 1. The monoisotopic (exact) mass is 320 g/mol. The molecule has 0 aromatic heterocycles. The van der Waals surface area contributed by atoms with Crippen molar-refractivity contribution in [2.24, 2.45) is 0 Å². The van der Waals surface area contributed by atoms with Gasteiger partial charge in [0.05, 0.1) is 0 Å². The first kappa shape index (κ1) is 15.3. The van der Waals surface area contributed by atoms with Gasteiger partial charge in [0.1, 0.15) is 6.04 Å². The van der Waals surface area contributed by atoms with E-state index in [1.807, 2.05) is 17.9 Å². The molecule has 1 aliphatic carbocycles. The van der Waals surface area contributed by atoms with Crippen molar-refractivity contribution in [2.45, 2.75) is 45.1 Å². The number of carbonyl (C=O) groups excluding carboxylic acids is 1. The number of para-hydroxylation sites is 1. The zero-order valence-corrected chi connectivity index (χ0v) is 14.2. The third-order valence-corrected chi connectivity index (χ3v) is 5.23. The minimum Gasteiger partial charge on any atom is -0.374 e. The van der Waals surface area contributed by atoms with Gasteiger partial charge >= 0.3 is 0 Å². The van der Waals surface area contributed by atoms with Crippen LogP contribution >= 0.6 is 0 Å². The number of rotatable bonds is 3. The van der Waals surface area contributed by atoms with Crippen LogP contribution in [0.2, 0.25) is 0 Å². The number of nitrogens with one attached hydrogen (secondary N) is 1. The van der Waals surface area contributed by atoms with Gasteiger partial charge < -0.3 is 10.2 Å². The summed E-state index contributed by atoms with van der Waals surface area (Å²) in [7, 11) is 0. The first-order chi connectivity index (χ1) is 11.7. The van der Waals surface area contributed by atoms with Crippen molar-refractivity contribution in [1.82, 2.24) is 0 Å². The molecule has 0 spiro atoms. The van der Waals surface area contributed by atoms with Gasteiger partial charge in [-0.05, 0) is 73.9 Å². The summed E-state index contributed by atoms with van der Waals surface area (Å²) in [5.74, 6) is 0.155. The van der Waals surface area contributed by atoms with E-state index in [4.69, 9.17) is 0 Å². The molecule has 0 radical (unpaired) electrons. The number of carbonyl (C=O) groups is 1. The maximum atomic E-state index is 13.0. The summed E-state index contributed by atoms with van der Waals surface area (Å²) in [5, 5.41) is 3.41. The van der Waals surface area contributed by atoms with Gasteiger partial charge in [-0.2, -0.15) is 0 Å². The maximum Gasteiger partial charge on any atom is 0.249 e. The Hall–Kier alpha value is -2.29. The fourth-order valence-electron chi connectivity index (χ4n) is 3.97. The first-order valence-electron chi connectivity index (χ1n) is 9.00. The van der Waals surface area contributed by atoms with Gasteiger partial charge in [0.25, 0.3) is 0 Å². The predicted octanol–water partition coefficient (Wildman–Crippen LogP) is 3.96. The normalized spacial score (nSPS) is 17.1. The van der Waals surface area contributed by atoms with Gasteiger partial charge in [-0.15, -0.1) is 0 Å². The molecule has 3 nitrogen and oxygen atoms in total. The molecule has 124 valence electrons. The molecule has 24 heavy (non-hydrogen) atoms. The van der Waals surface area contributed by atoms with Gasteiger partial charge in [0.15, 0.2) is 0 Å². The number of amides is 1. The van der Waals surface area contributed by atoms with Crippen molar-refractivity contribution in [3.63, 3.8) is 0 Å². The third kappa shape index (κ3) is 2.79. The van der Waals surface area contributed by atoms with Crippen molar-refractivity contribution in [3.05, 3.63) is 59.2 Å². The highest BCUT2D eigenvalue weighted by atomic mass is 16.2. The van der Waals surface area contributed by atoms with Crippen LogP contribution in [-0.2, 0) is 24.1 Å². The van der Waals surface area contributed by atoms with Gasteiger partial charge in [-0.25, -0.2) is 0 Å². The van der Waals surface area contributed by atoms with E-state index in [2.05, 4.69) is 41.7 Å². The van der Waals surface area contributed by atoms with E-state index in [9.17, 15) is 4.79 Å². The summed E-state index contributed by atoms with van der Waals surface area (Å²) in [6, 6.07) is 14.6. The van der Waals surface area contributed by atoms with Crippen LogP contribution in [0.1, 0.15) is 36.5 Å². The zero-order chi connectivity index (χ0) is 16.5. The molecular weight excluding hydrogens is 296 g/mol. The lowest BCUT2D eigenvalue weighted by Crippen LogP contribution is -2.44.